The summed E-state index contributed by atoms with van der Waals surface area (Å²) in [5.74, 6) is 1.76. The number of hydrogen-bond acceptors (Lipinski definition) is 2. The number of rotatable bonds is 4. The van der Waals surface area contributed by atoms with Gasteiger partial charge in [0.05, 0.1) is 6.61 Å². The number of methoxy groups -OCH3 is 1. The van der Waals surface area contributed by atoms with E-state index < -0.39 is 0 Å². The van der Waals surface area contributed by atoms with Crippen LogP contribution in [0.25, 0.3) is 0 Å². The number of nitrogens with one attached hydrogen (secondary N) is 1. The maximum absolute atomic E-state index is 5.25. The fourth-order valence-electron chi connectivity index (χ4n) is 2.65. The predicted molar refractivity (Wildman–Crippen MR) is 90.3 cm³/mol. The van der Waals surface area contributed by atoms with E-state index in [1.165, 1.54) is 12.8 Å². The highest BCUT2D eigenvalue weighted by Gasteiger charge is 2.46. The van der Waals surface area contributed by atoms with E-state index in [4.69, 9.17) is 4.74 Å². The Bertz CT molecular complexity index is 320. The monoisotopic (exact) mass is 381 g/mol. The van der Waals surface area contributed by atoms with Gasteiger partial charge in [0, 0.05) is 38.7 Å². The fourth-order valence-corrected chi connectivity index (χ4v) is 2.65. The van der Waals surface area contributed by atoms with E-state index >= 15 is 0 Å². The summed E-state index contributed by atoms with van der Waals surface area (Å²) < 4.78 is 5.25. The summed E-state index contributed by atoms with van der Waals surface area (Å²) in [6.45, 7) is 10.6. The van der Waals surface area contributed by atoms with Gasteiger partial charge in [-0.3, -0.25) is 4.99 Å². The third-order valence-corrected chi connectivity index (χ3v) is 4.11. The molecule has 2 unspecified atom stereocenters. The van der Waals surface area contributed by atoms with Gasteiger partial charge >= 0.3 is 0 Å². The maximum atomic E-state index is 5.25. The highest BCUT2D eigenvalue weighted by Crippen LogP contribution is 2.44. The van der Waals surface area contributed by atoms with Crippen LogP contribution in [0.5, 0.6) is 0 Å². The summed E-state index contributed by atoms with van der Waals surface area (Å²) >= 11 is 0. The van der Waals surface area contributed by atoms with Crippen LogP contribution in [0.15, 0.2) is 4.99 Å². The van der Waals surface area contributed by atoms with Gasteiger partial charge in [-0.05, 0) is 25.2 Å². The van der Waals surface area contributed by atoms with Crippen molar-refractivity contribution in [2.24, 2.45) is 16.3 Å². The van der Waals surface area contributed by atoms with Gasteiger partial charge in [-0.15, -0.1) is 24.0 Å². The average molecular weight is 381 g/mol. The van der Waals surface area contributed by atoms with Gasteiger partial charge in [0.1, 0.15) is 0 Å². The third-order valence-electron chi connectivity index (χ3n) is 4.11. The minimum absolute atomic E-state index is 0. The molecule has 1 aliphatic carbocycles. The van der Waals surface area contributed by atoms with E-state index in [1.807, 2.05) is 0 Å². The molecule has 0 aromatic rings. The molecule has 0 amide bonds. The van der Waals surface area contributed by atoms with Gasteiger partial charge in [0.2, 0.25) is 0 Å². The summed E-state index contributed by atoms with van der Waals surface area (Å²) in [5.41, 5.74) is 0.445. The van der Waals surface area contributed by atoms with Crippen molar-refractivity contribution in [2.75, 3.05) is 33.4 Å². The second-order valence-electron chi connectivity index (χ2n) is 6.24. The molecule has 1 saturated heterocycles. The van der Waals surface area contributed by atoms with E-state index in [0.717, 1.165) is 32.2 Å². The van der Waals surface area contributed by atoms with Crippen LogP contribution in [0.2, 0.25) is 0 Å². The van der Waals surface area contributed by atoms with Crippen molar-refractivity contribution in [3.8, 4) is 0 Å². The molecule has 2 fully saturated rings. The molecular weight excluding hydrogens is 353 g/mol. The van der Waals surface area contributed by atoms with E-state index in [-0.39, 0.29) is 24.0 Å². The molecule has 0 aromatic carbocycles. The van der Waals surface area contributed by atoms with Gasteiger partial charge in [-0.2, -0.15) is 0 Å². The quantitative estimate of drug-likeness (QED) is 0.462. The molecule has 0 aromatic heterocycles. The highest BCUT2D eigenvalue weighted by atomic mass is 127. The number of likely N-dealkylation sites (tertiary alicyclic amines) is 1. The van der Waals surface area contributed by atoms with Gasteiger partial charge < -0.3 is 15.0 Å². The fraction of sp³-hybridized carbons (Fsp3) is 0.929. The molecule has 1 N–H and O–H groups in total. The van der Waals surface area contributed by atoms with Crippen LogP contribution in [0.4, 0.5) is 0 Å². The second-order valence-corrected chi connectivity index (χ2v) is 6.24. The van der Waals surface area contributed by atoms with Crippen LogP contribution in [-0.4, -0.2) is 50.3 Å². The Morgan fingerprint density at radius 1 is 1.47 bits per heavy atom. The third kappa shape index (κ3) is 4.48. The molecule has 0 spiro atoms. The zero-order valence-corrected chi connectivity index (χ0v) is 14.9. The molecule has 2 rings (SSSR count). The molecule has 0 radical (unpaired) electrons. The smallest absolute Gasteiger partial charge is 0.194 e. The molecule has 112 valence electrons. The van der Waals surface area contributed by atoms with Crippen molar-refractivity contribution < 1.29 is 4.74 Å². The molecule has 0 bridgehead atoms. The van der Waals surface area contributed by atoms with Crippen LogP contribution < -0.4 is 5.32 Å². The first-order valence-electron chi connectivity index (χ1n) is 7.11. The maximum Gasteiger partial charge on any atom is 0.194 e. The molecule has 5 heteroatoms. The van der Waals surface area contributed by atoms with E-state index in [9.17, 15) is 0 Å². The van der Waals surface area contributed by atoms with Gasteiger partial charge in [0.25, 0.3) is 0 Å². The topological polar surface area (TPSA) is 36.9 Å². The molecule has 4 nitrogen and oxygen atoms in total. The van der Waals surface area contributed by atoms with E-state index in [2.05, 4.69) is 36.0 Å². The first kappa shape index (κ1) is 17.0. The summed E-state index contributed by atoms with van der Waals surface area (Å²) in [6, 6.07) is 0.601. The first-order valence-corrected chi connectivity index (χ1v) is 7.11. The minimum Gasteiger partial charge on any atom is -0.384 e. The lowest BCUT2D eigenvalue weighted by molar-refractivity contribution is 0.157. The van der Waals surface area contributed by atoms with Crippen LogP contribution in [0.3, 0.4) is 0 Å². The second kappa shape index (κ2) is 7.11. The van der Waals surface area contributed by atoms with Gasteiger partial charge in [-0.25, -0.2) is 0 Å². The normalized spacial score (nSPS) is 29.1. The molecule has 1 saturated carbocycles. The number of nitrogens with zero attached hydrogens (tertiary/aromatic N) is 2. The highest BCUT2D eigenvalue weighted by molar-refractivity contribution is 14.0. The van der Waals surface area contributed by atoms with Gasteiger partial charge in [-0.1, -0.05) is 13.8 Å². The molecule has 2 aliphatic rings. The number of ether oxygens (including phenoxy) is 1. The summed E-state index contributed by atoms with van der Waals surface area (Å²) in [5, 5.41) is 3.62. The van der Waals surface area contributed by atoms with Gasteiger partial charge in [0.15, 0.2) is 5.96 Å². The Kier molecular flexibility index (Phi) is 6.36. The van der Waals surface area contributed by atoms with Crippen molar-refractivity contribution in [2.45, 2.75) is 39.7 Å². The molecule has 19 heavy (non-hydrogen) atoms. The lowest BCUT2D eigenvalue weighted by atomic mass is 10.1. The molecule has 1 aliphatic heterocycles. The predicted octanol–water partition coefficient (Wildman–Crippen LogP) is 2.34. The largest absolute Gasteiger partial charge is 0.384 e. The number of guanidine groups is 1. The average Bonchev–Trinajstić information content (AvgIpc) is 2.75. The Labute approximate surface area is 134 Å². The summed E-state index contributed by atoms with van der Waals surface area (Å²) in [4.78, 5) is 7.03. The van der Waals surface area contributed by atoms with E-state index in [1.54, 1.807) is 7.11 Å². The summed E-state index contributed by atoms with van der Waals surface area (Å²) in [6.07, 6.45) is 2.47. The number of halogens is 1. The Hall–Kier alpha value is -0.0400. The van der Waals surface area contributed by atoms with Crippen LogP contribution in [0, 0.1) is 11.3 Å². The van der Waals surface area contributed by atoms with Crippen molar-refractivity contribution in [1.82, 2.24) is 10.2 Å². The SMILES string of the molecule is CCN=C(NC1CC1(C)C)N1CCC(COC)C1.I. The molecule has 1 heterocycles. The van der Waals surface area contributed by atoms with Crippen molar-refractivity contribution in [3.63, 3.8) is 0 Å². The van der Waals surface area contributed by atoms with Crippen LogP contribution in [0.1, 0.15) is 33.6 Å². The Morgan fingerprint density at radius 3 is 2.68 bits per heavy atom. The molecule has 2 atom stereocenters. The van der Waals surface area contributed by atoms with Crippen LogP contribution in [-0.2, 0) is 4.74 Å². The summed E-state index contributed by atoms with van der Waals surface area (Å²) in [7, 11) is 1.79. The lowest BCUT2D eigenvalue weighted by Gasteiger charge is -2.22. The lowest BCUT2D eigenvalue weighted by Crippen LogP contribution is -2.42. The number of hydrogen-bond donors (Lipinski definition) is 1. The van der Waals surface area contributed by atoms with Crippen LogP contribution >= 0.6 is 24.0 Å². The molecular formula is C14H28IN3O. The van der Waals surface area contributed by atoms with E-state index in [0.29, 0.717) is 17.4 Å². The number of aliphatic imine (C=N–C) groups is 1. The minimum atomic E-state index is 0. The standard InChI is InChI=1S/C14H27N3O.HI/c1-5-15-13(16-12-8-14(12,2)3)17-7-6-11(9-17)10-18-4;/h11-12H,5-10H2,1-4H3,(H,15,16);1H. The Morgan fingerprint density at radius 2 is 2.16 bits per heavy atom. The van der Waals surface area contributed by atoms with Crippen molar-refractivity contribution >= 4 is 29.9 Å². The van der Waals surface area contributed by atoms with Crippen molar-refractivity contribution in [3.05, 3.63) is 0 Å². The Balaban J connectivity index is 0.00000180. The zero-order chi connectivity index (χ0) is 13.2. The zero-order valence-electron chi connectivity index (χ0n) is 12.6. The van der Waals surface area contributed by atoms with Crippen molar-refractivity contribution in [1.29, 1.82) is 0 Å². The first-order chi connectivity index (χ1) is 8.56.